The monoisotopic (exact) mass is 147 g/mol. The summed E-state index contributed by atoms with van der Waals surface area (Å²) in [5.74, 6) is 0. The molecule has 0 atom stereocenters. The number of hydrogen-bond acceptors (Lipinski definition) is 3. The molecule has 0 radical (unpaired) electrons. The Kier molecular flexibility index (Phi) is 4.60. The first-order chi connectivity index (χ1) is 4.74. The van der Waals surface area contributed by atoms with Gasteiger partial charge in [-0.15, -0.1) is 0 Å². The number of aliphatic hydroxyl groups is 2. The largest absolute Gasteiger partial charge is 0.396 e. The van der Waals surface area contributed by atoms with Gasteiger partial charge in [0.1, 0.15) is 0 Å². The minimum absolute atomic E-state index is 0.0250. The molecule has 0 aliphatic heterocycles. The quantitative estimate of drug-likeness (QED) is 0.501. The predicted octanol–water partition coefficient (Wildman–Crippen LogP) is -0.284. The van der Waals surface area contributed by atoms with Crippen LogP contribution in [-0.4, -0.2) is 30.0 Å². The fourth-order valence-corrected chi connectivity index (χ4v) is 0.915. The summed E-state index contributed by atoms with van der Waals surface area (Å²) in [4.78, 5) is 0. The Hall–Kier alpha value is -0.120. The van der Waals surface area contributed by atoms with Crippen LogP contribution in [0.25, 0.3) is 0 Å². The summed E-state index contributed by atoms with van der Waals surface area (Å²) in [6.45, 7) is 2.52. The molecular weight excluding hydrogens is 130 g/mol. The van der Waals surface area contributed by atoms with Crippen molar-refractivity contribution in [2.75, 3.05) is 19.8 Å². The molecule has 0 unspecified atom stereocenters. The Morgan fingerprint density at radius 3 is 1.90 bits per heavy atom. The first kappa shape index (κ1) is 9.88. The highest BCUT2D eigenvalue weighted by Gasteiger charge is 2.24. The highest BCUT2D eigenvalue weighted by atomic mass is 16.3. The zero-order chi connectivity index (χ0) is 8.04. The molecule has 0 aliphatic rings. The number of rotatable bonds is 5. The minimum Gasteiger partial charge on any atom is -0.396 e. The Labute approximate surface area is 61.9 Å². The molecule has 0 saturated carbocycles. The Balaban J connectivity index is 3.87. The predicted molar refractivity (Wildman–Crippen MR) is 40.6 cm³/mol. The van der Waals surface area contributed by atoms with Crippen LogP contribution in [0.4, 0.5) is 0 Å². The molecule has 4 N–H and O–H groups in total. The van der Waals surface area contributed by atoms with E-state index >= 15 is 0 Å². The normalized spacial score (nSPS) is 12.0. The lowest BCUT2D eigenvalue weighted by Gasteiger charge is -2.27. The van der Waals surface area contributed by atoms with E-state index in [0.29, 0.717) is 13.0 Å². The lowest BCUT2D eigenvalue weighted by Crippen LogP contribution is -2.31. The second-order valence-electron chi connectivity index (χ2n) is 2.71. The van der Waals surface area contributed by atoms with Crippen LogP contribution in [0.15, 0.2) is 0 Å². The summed E-state index contributed by atoms with van der Waals surface area (Å²) in [6, 6.07) is 0. The third-order valence-corrected chi connectivity index (χ3v) is 2.10. The number of hydrogen-bond donors (Lipinski definition) is 3. The van der Waals surface area contributed by atoms with Crippen LogP contribution in [-0.2, 0) is 0 Å². The van der Waals surface area contributed by atoms with Gasteiger partial charge in [0.15, 0.2) is 0 Å². The van der Waals surface area contributed by atoms with Crippen LogP contribution < -0.4 is 5.73 Å². The average molecular weight is 147 g/mol. The molecule has 0 aromatic rings. The summed E-state index contributed by atoms with van der Waals surface area (Å²) in [5.41, 5.74) is 4.98. The van der Waals surface area contributed by atoms with E-state index in [1.165, 1.54) is 0 Å². The van der Waals surface area contributed by atoms with Gasteiger partial charge in [-0.25, -0.2) is 0 Å². The van der Waals surface area contributed by atoms with E-state index in [9.17, 15) is 0 Å². The maximum absolute atomic E-state index is 8.89. The maximum Gasteiger partial charge on any atom is 0.0509 e. The molecule has 62 valence electrons. The SMILES string of the molecule is CCC(CO)(CO)CCN. The highest BCUT2D eigenvalue weighted by Crippen LogP contribution is 2.23. The van der Waals surface area contributed by atoms with E-state index < -0.39 is 0 Å². The van der Waals surface area contributed by atoms with Gasteiger partial charge in [0, 0.05) is 5.41 Å². The lowest BCUT2D eigenvalue weighted by atomic mass is 9.84. The summed E-state index contributed by atoms with van der Waals surface area (Å²) in [7, 11) is 0. The summed E-state index contributed by atoms with van der Waals surface area (Å²) in [6.07, 6.45) is 1.47. The molecule has 0 aromatic heterocycles. The van der Waals surface area contributed by atoms with Crippen molar-refractivity contribution in [1.82, 2.24) is 0 Å². The molecule has 0 amide bonds. The van der Waals surface area contributed by atoms with Crippen LogP contribution in [0.3, 0.4) is 0 Å². The van der Waals surface area contributed by atoms with E-state index in [0.717, 1.165) is 6.42 Å². The standard InChI is InChI=1S/C7H17NO2/c1-2-7(5-9,6-10)3-4-8/h9-10H,2-6,8H2,1H3. The van der Waals surface area contributed by atoms with Crippen molar-refractivity contribution >= 4 is 0 Å². The van der Waals surface area contributed by atoms with Gasteiger partial charge in [-0.1, -0.05) is 6.92 Å². The molecule has 0 spiro atoms. The molecule has 0 saturated heterocycles. The van der Waals surface area contributed by atoms with Gasteiger partial charge in [0.2, 0.25) is 0 Å². The van der Waals surface area contributed by atoms with Gasteiger partial charge in [-0.2, -0.15) is 0 Å². The van der Waals surface area contributed by atoms with Crippen molar-refractivity contribution in [3.63, 3.8) is 0 Å². The molecule has 0 fully saturated rings. The smallest absolute Gasteiger partial charge is 0.0509 e. The molecule has 0 rings (SSSR count). The average Bonchev–Trinajstić information content (AvgIpc) is 2.01. The number of aliphatic hydroxyl groups excluding tert-OH is 2. The first-order valence-electron chi connectivity index (χ1n) is 3.66. The van der Waals surface area contributed by atoms with Crippen molar-refractivity contribution in [2.45, 2.75) is 19.8 Å². The first-order valence-corrected chi connectivity index (χ1v) is 3.66. The third kappa shape index (κ3) is 2.25. The second kappa shape index (κ2) is 4.66. The van der Waals surface area contributed by atoms with E-state index in [4.69, 9.17) is 15.9 Å². The zero-order valence-electron chi connectivity index (χ0n) is 6.51. The highest BCUT2D eigenvalue weighted by molar-refractivity contribution is 4.76. The van der Waals surface area contributed by atoms with E-state index in [1.807, 2.05) is 6.92 Å². The van der Waals surface area contributed by atoms with Gasteiger partial charge >= 0.3 is 0 Å². The molecular formula is C7H17NO2. The Bertz CT molecular complexity index is 73.4. The van der Waals surface area contributed by atoms with Crippen molar-refractivity contribution in [3.8, 4) is 0 Å². The zero-order valence-corrected chi connectivity index (χ0v) is 6.51. The molecule has 0 heterocycles. The fraction of sp³-hybridized carbons (Fsp3) is 1.00. The van der Waals surface area contributed by atoms with Crippen LogP contribution in [0.5, 0.6) is 0 Å². The van der Waals surface area contributed by atoms with Crippen molar-refractivity contribution in [2.24, 2.45) is 11.1 Å². The van der Waals surface area contributed by atoms with Gasteiger partial charge in [-0.3, -0.25) is 0 Å². The molecule has 10 heavy (non-hydrogen) atoms. The lowest BCUT2D eigenvalue weighted by molar-refractivity contribution is 0.0459. The molecule has 0 aliphatic carbocycles. The van der Waals surface area contributed by atoms with E-state index in [1.54, 1.807) is 0 Å². The van der Waals surface area contributed by atoms with Gasteiger partial charge in [0.25, 0.3) is 0 Å². The fourth-order valence-electron chi connectivity index (χ4n) is 0.915. The number of nitrogens with two attached hydrogens (primary N) is 1. The summed E-state index contributed by atoms with van der Waals surface area (Å²) < 4.78 is 0. The maximum atomic E-state index is 8.89. The van der Waals surface area contributed by atoms with Gasteiger partial charge in [0.05, 0.1) is 13.2 Å². The molecule has 3 nitrogen and oxygen atoms in total. The second-order valence-corrected chi connectivity index (χ2v) is 2.71. The van der Waals surface area contributed by atoms with Crippen LogP contribution >= 0.6 is 0 Å². The van der Waals surface area contributed by atoms with Crippen molar-refractivity contribution in [1.29, 1.82) is 0 Å². The van der Waals surface area contributed by atoms with Crippen LogP contribution in [0, 0.1) is 5.41 Å². The van der Waals surface area contributed by atoms with E-state index in [-0.39, 0.29) is 18.6 Å². The molecule has 0 aromatic carbocycles. The van der Waals surface area contributed by atoms with Crippen LogP contribution in [0.2, 0.25) is 0 Å². The van der Waals surface area contributed by atoms with Gasteiger partial charge < -0.3 is 15.9 Å². The minimum atomic E-state index is -0.339. The van der Waals surface area contributed by atoms with Gasteiger partial charge in [-0.05, 0) is 19.4 Å². The van der Waals surface area contributed by atoms with Crippen LogP contribution in [0.1, 0.15) is 19.8 Å². The third-order valence-electron chi connectivity index (χ3n) is 2.10. The summed E-state index contributed by atoms with van der Waals surface area (Å²) in [5, 5.41) is 17.8. The van der Waals surface area contributed by atoms with Crippen molar-refractivity contribution < 1.29 is 10.2 Å². The van der Waals surface area contributed by atoms with Crippen molar-refractivity contribution in [3.05, 3.63) is 0 Å². The Morgan fingerprint density at radius 2 is 1.80 bits per heavy atom. The van der Waals surface area contributed by atoms with E-state index in [2.05, 4.69) is 0 Å². The Morgan fingerprint density at radius 1 is 1.30 bits per heavy atom. The topological polar surface area (TPSA) is 66.5 Å². The summed E-state index contributed by atoms with van der Waals surface area (Å²) >= 11 is 0. The molecule has 3 heteroatoms. The molecule has 0 bridgehead atoms.